The number of piperidine rings is 1. The summed E-state index contributed by atoms with van der Waals surface area (Å²) in [6, 6.07) is 26.2. The zero-order chi connectivity index (χ0) is 23.0. The van der Waals surface area contributed by atoms with E-state index in [0.29, 0.717) is 37.4 Å². The van der Waals surface area contributed by atoms with Crippen LogP contribution >= 0.6 is 0 Å². The van der Waals surface area contributed by atoms with E-state index in [1.54, 1.807) is 13.2 Å². The van der Waals surface area contributed by atoms with Crippen LogP contribution in [0.15, 0.2) is 84.9 Å². The fourth-order valence-corrected chi connectivity index (χ4v) is 4.26. The molecule has 0 bridgehead atoms. The minimum Gasteiger partial charge on any atom is -0.497 e. The molecule has 0 spiro atoms. The topological polar surface area (TPSA) is 70.7 Å². The lowest BCUT2D eigenvalue weighted by atomic mass is 9.93. The van der Waals surface area contributed by atoms with Gasteiger partial charge in [-0.3, -0.25) is 14.5 Å². The van der Waals surface area contributed by atoms with Gasteiger partial charge in [-0.25, -0.2) is 0 Å². The number of amides is 2. The number of carbonyl (C=O) groups is 2. The van der Waals surface area contributed by atoms with Gasteiger partial charge in [-0.1, -0.05) is 54.6 Å². The van der Waals surface area contributed by atoms with E-state index < -0.39 is 6.04 Å². The molecule has 1 unspecified atom stereocenters. The Morgan fingerprint density at radius 1 is 0.848 bits per heavy atom. The Balaban J connectivity index is 1.44. The Morgan fingerprint density at radius 2 is 1.48 bits per heavy atom. The van der Waals surface area contributed by atoms with Crippen molar-refractivity contribution in [2.45, 2.75) is 18.9 Å². The summed E-state index contributed by atoms with van der Waals surface area (Å²) in [7, 11) is 1.60. The third-order valence-corrected chi connectivity index (χ3v) is 6.01. The van der Waals surface area contributed by atoms with Crippen molar-refractivity contribution in [1.29, 1.82) is 0 Å². The van der Waals surface area contributed by atoms with Crippen LogP contribution in [0.1, 0.15) is 24.4 Å². The molecule has 2 amide bonds. The molecule has 4 rings (SSSR count). The highest BCUT2D eigenvalue weighted by Crippen LogP contribution is 2.29. The van der Waals surface area contributed by atoms with Gasteiger partial charge < -0.3 is 15.4 Å². The highest BCUT2D eigenvalue weighted by molar-refractivity contribution is 5.96. The first-order chi connectivity index (χ1) is 16.1. The van der Waals surface area contributed by atoms with Gasteiger partial charge in [0.1, 0.15) is 11.8 Å². The van der Waals surface area contributed by atoms with E-state index in [9.17, 15) is 9.59 Å². The highest BCUT2D eigenvalue weighted by atomic mass is 16.5. The first kappa shape index (κ1) is 22.6. The molecule has 0 radical (unpaired) electrons. The number of ether oxygens (including phenoxy) is 1. The standard InChI is InChI=1S/C27H29N3O3/c1-33-24-14-8-13-23(19-24)29-27(32)25(20-9-4-2-5-10-20)30-17-15-21(16-18-30)26(31)28-22-11-6-3-7-12-22/h2-14,19,21,25H,15-18H2,1H3,(H,28,31)(H,29,32). The minimum absolute atomic E-state index is 0.0398. The van der Waals surface area contributed by atoms with Gasteiger partial charge in [0.2, 0.25) is 11.8 Å². The van der Waals surface area contributed by atoms with Crippen LogP contribution < -0.4 is 15.4 Å². The van der Waals surface area contributed by atoms with Crippen LogP contribution in [-0.4, -0.2) is 36.9 Å². The van der Waals surface area contributed by atoms with E-state index in [4.69, 9.17) is 4.74 Å². The Labute approximate surface area is 194 Å². The van der Waals surface area contributed by atoms with Crippen molar-refractivity contribution >= 4 is 23.2 Å². The monoisotopic (exact) mass is 443 g/mol. The van der Waals surface area contributed by atoms with Gasteiger partial charge in [-0.15, -0.1) is 0 Å². The minimum atomic E-state index is -0.435. The Bertz CT molecular complexity index is 1060. The SMILES string of the molecule is COc1cccc(NC(=O)C(c2ccccc2)N2CCC(C(=O)Nc3ccccc3)CC2)c1. The van der Waals surface area contributed by atoms with E-state index in [-0.39, 0.29) is 17.7 Å². The van der Waals surface area contributed by atoms with E-state index in [1.165, 1.54) is 0 Å². The quantitative estimate of drug-likeness (QED) is 0.554. The Morgan fingerprint density at radius 3 is 2.15 bits per heavy atom. The van der Waals surface area contributed by atoms with Crippen molar-refractivity contribution in [1.82, 2.24) is 4.90 Å². The average molecular weight is 444 g/mol. The summed E-state index contributed by atoms with van der Waals surface area (Å²) in [4.78, 5) is 28.3. The smallest absolute Gasteiger partial charge is 0.246 e. The van der Waals surface area contributed by atoms with Crippen LogP contribution in [0.2, 0.25) is 0 Å². The van der Waals surface area contributed by atoms with Crippen molar-refractivity contribution in [3.05, 3.63) is 90.5 Å². The number of rotatable bonds is 7. The second-order valence-corrected chi connectivity index (χ2v) is 8.20. The van der Waals surface area contributed by atoms with Gasteiger partial charge >= 0.3 is 0 Å². The molecule has 1 aliphatic rings. The molecule has 6 heteroatoms. The number of para-hydroxylation sites is 1. The number of methoxy groups -OCH3 is 1. The number of nitrogens with zero attached hydrogens (tertiary/aromatic N) is 1. The van der Waals surface area contributed by atoms with Gasteiger partial charge in [0.15, 0.2) is 0 Å². The maximum Gasteiger partial charge on any atom is 0.246 e. The third kappa shape index (κ3) is 5.79. The zero-order valence-electron chi connectivity index (χ0n) is 18.7. The highest BCUT2D eigenvalue weighted by Gasteiger charge is 2.33. The molecule has 2 N–H and O–H groups in total. The number of anilines is 2. The van der Waals surface area contributed by atoms with Crippen LogP contribution in [0.3, 0.4) is 0 Å². The van der Waals surface area contributed by atoms with Gasteiger partial charge in [0, 0.05) is 23.4 Å². The number of hydrogen-bond acceptors (Lipinski definition) is 4. The normalized spacial score (nSPS) is 15.4. The van der Waals surface area contributed by atoms with Gasteiger partial charge in [0.05, 0.1) is 7.11 Å². The average Bonchev–Trinajstić information content (AvgIpc) is 2.86. The van der Waals surface area contributed by atoms with Gasteiger partial charge in [-0.05, 0) is 55.8 Å². The molecule has 6 nitrogen and oxygen atoms in total. The molecule has 0 aromatic heterocycles. The summed E-state index contributed by atoms with van der Waals surface area (Å²) in [6.45, 7) is 1.33. The van der Waals surface area contributed by atoms with Crippen LogP contribution in [0.5, 0.6) is 5.75 Å². The first-order valence-electron chi connectivity index (χ1n) is 11.2. The maximum atomic E-state index is 13.4. The lowest BCUT2D eigenvalue weighted by Gasteiger charge is -2.36. The van der Waals surface area contributed by atoms with Crippen molar-refractivity contribution in [3.63, 3.8) is 0 Å². The molecule has 1 saturated heterocycles. The number of hydrogen-bond donors (Lipinski definition) is 2. The van der Waals surface area contributed by atoms with Gasteiger partial charge in [0.25, 0.3) is 0 Å². The van der Waals surface area contributed by atoms with Crippen molar-refractivity contribution in [2.75, 3.05) is 30.8 Å². The summed E-state index contributed by atoms with van der Waals surface area (Å²) >= 11 is 0. The lowest BCUT2D eigenvalue weighted by molar-refractivity contribution is -0.123. The lowest BCUT2D eigenvalue weighted by Crippen LogP contribution is -2.44. The molecule has 0 saturated carbocycles. The second-order valence-electron chi connectivity index (χ2n) is 8.20. The van der Waals surface area contributed by atoms with Crippen LogP contribution in [0.25, 0.3) is 0 Å². The molecule has 3 aromatic carbocycles. The van der Waals surface area contributed by atoms with E-state index >= 15 is 0 Å². The summed E-state index contributed by atoms with van der Waals surface area (Å²) < 4.78 is 5.28. The summed E-state index contributed by atoms with van der Waals surface area (Å²) in [6.07, 6.45) is 1.41. The van der Waals surface area contributed by atoms with Crippen molar-refractivity contribution in [3.8, 4) is 5.75 Å². The third-order valence-electron chi connectivity index (χ3n) is 6.01. The van der Waals surface area contributed by atoms with Crippen LogP contribution in [-0.2, 0) is 9.59 Å². The molecule has 0 aliphatic carbocycles. The molecule has 1 aliphatic heterocycles. The summed E-state index contributed by atoms with van der Waals surface area (Å²) in [5.41, 5.74) is 2.44. The molecule has 33 heavy (non-hydrogen) atoms. The number of likely N-dealkylation sites (tertiary alicyclic amines) is 1. The Hall–Kier alpha value is -3.64. The zero-order valence-corrected chi connectivity index (χ0v) is 18.7. The van der Waals surface area contributed by atoms with Crippen LogP contribution in [0, 0.1) is 5.92 Å². The second kappa shape index (κ2) is 10.8. The number of carbonyl (C=O) groups excluding carboxylic acids is 2. The molecule has 1 fully saturated rings. The van der Waals surface area contributed by atoms with Gasteiger partial charge in [-0.2, -0.15) is 0 Å². The largest absolute Gasteiger partial charge is 0.497 e. The molecule has 1 heterocycles. The number of nitrogens with one attached hydrogen (secondary N) is 2. The molecular weight excluding hydrogens is 414 g/mol. The van der Waals surface area contributed by atoms with E-state index in [1.807, 2.05) is 78.9 Å². The fraction of sp³-hybridized carbons (Fsp3) is 0.259. The van der Waals surface area contributed by atoms with Crippen molar-refractivity contribution < 1.29 is 14.3 Å². The Kier molecular flexibility index (Phi) is 7.37. The molecule has 170 valence electrons. The van der Waals surface area contributed by atoms with Crippen LogP contribution in [0.4, 0.5) is 11.4 Å². The predicted octanol–water partition coefficient (Wildman–Crippen LogP) is 4.73. The number of benzene rings is 3. The van der Waals surface area contributed by atoms with E-state index in [0.717, 1.165) is 11.3 Å². The summed E-state index contributed by atoms with van der Waals surface area (Å²) in [5, 5.41) is 6.04. The predicted molar refractivity (Wildman–Crippen MR) is 130 cm³/mol. The molecular formula is C27H29N3O3. The van der Waals surface area contributed by atoms with E-state index in [2.05, 4.69) is 15.5 Å². The maximum absolute atomic E-state index is 13.4. The summed E-state index contributed by atoms with van der Waals surface area (Å²) in [5.74, 6) is 0.563. The fourth-order valence-electron chi connectivity index (χ4n) is 4.26. The molecule has 3 aromatic rings. The molecule has 1 atom stereocenters. The van der Waals surface area contributed by atoms with Crippen molar-refractivity contribution in [2.24, 2.45) is 5.92 Å². The first-order valence-corrected chi connectivity index (χ1v) is 11.2.